The number of aliphatic imine (C=N–C) groups is 1. The van der Waals surface area contributed by atoms with Crippen molar-refractivity contribution in [3.8, 4) is 0 Å². The monoisotopic (exact) mass is 320 g/mol. The lowest BCUT2D eigenvalue weighted by Crippen LogP contribution is -2.44. The Morgan fingerprint density at radius 1 is 1.13 bits per heavy atom. The minimum atomic E-state index is 0.211. The van der Waals surface area contributed by atoms with Crippen molar-refractivity contribution >= 4 is 11.9 Å². The molecule has 0 radical (unpaired) electrons. The summed E-state index contributed by atoms with van der Waals surface area (Å²) in [6, 6.07) is 0. The van der Waals surface area contributed by atoms with E-state index in [0.717, 1.165) is 25.6 Å². The highest BCUT2D eigenvalue weighted by atomic mass is 16.1. The summed E-state index contributed by atoms with van der Waals surface area (Å²) in [5, 5.41) is 6.45. The van der Waals surface area contributed by atoms with Crippen molar-refractivity contribution in [1.82, 2.24) is 15.5 Å². The van der Waals surface area contributed by atoms with Crippen LogP contribution in [-0.2, 0) is 4.79 Å². The van der Waals surface area contributed by atoms with Crippen molar-refractivity contribution < 1.29 is 4.79 Å². The fourth-order valence-electron chi connectivity index (χ4n) is 4.46. The number of guanidine groups is 1. The molecule has 3 rings (SSSR count). The summed E-state index contributed by atoms with van der Waals surface area (Å²) in [4.78, 5) is 18.7. The van der Waals surface area contributed by atoms with Crippen LogP contribution in [0.5, 0.6) is 0 Å². The molecule has 2 N–H and O–H groups in total. The molecule has 1 amide bonds. The van der Waals surface area contributed by atoms with Gasteiger partial charge in [-0.05, 0) is 43.4 Å². The molecular formula is C18H32N4O. The second kappa shape index (κ2) is 7.54. The van der Waals surface area contributed by atoms with Crippen molar-refractivity contribution in [3.05, 3.63) is 0 Å². The van der Waals surface area contributed by atoms with Gasteiger partial charge in [0, 0.05) is 39.6 Å². The van der Waals surface area contributed by atoms with Gasteiger partial charge in [-0.1, -0.05) is 19.3 Å². The first kappa shape index (κ1) is 16.6. The van der Waals surface area contributed by atoms with E-state index in [1.54, 1.807) is 0 Å². The molecule has 5 nitrogen and oxygen atoms in total. The van der Waals surface area contributed by atoms with Gasteiger partial charge in [-0.25, -0.2) is 0 Å². The van der Waals surface area contributed by atoms with Gasteiger partial charge in [-0.2, -0.15) is 0 Å². The zero-order valence-corrected chi connectivity index (χ0v) is 14.6. The molecule has 3 fully saturated rings. The zero-order chi connectivity index (χ0) is 16.1. The third-order valence-corrected chi connectivity index (χ3v) is 6.04. The minimum absolute atomic E-state index is 0.211. The summed E-state index contributed by atoms with van der Waals surface area (Å²) in [5.74, 6) is 1.83. The quantitative estimate of drug-likeness (QED) is 0.463. The number of nitrogens with one attached hydrogen (secondary N) is 2. The summed E-state index contributed by atoms with van der Waals surface area (Å²) in [6.45, 7) is 3.71. The lowest BCUT2D eigenvalue weighted by Gasteiger charge is -2.38. The summed E-state index contributed by atoms with van der Waals surface area (Å²) >= 11 is 0. The number of rotatable bonds is 5. The van der Waals surface area contributed by atoms with E-state index in [9.17, 15) is 4.79 Å². The number of hydrogen-bond acceptors (Lipinski definition) is 2. The molecule has 1 saturated heterocycles. The Kier molecular flexibility index (Phi) is 5.44. The normalized spacial score (nSPS) is 24.0. The average molecular weight is 320 g/mol. The predicted molar refractivity (Wildman–Crippen MR) is 93.4 cm³/mol. The number of nitrogens with zero attached hydrogens (tertiary/aromatic N) is 2. The number of hydrogen-bond donors (Lipinski definition) is 2. The predicted octanol–water partition coefficient (Wildman–Crippen LogP) is 2.13. The van der Waals surface area contributed by atoms with Crippen LogP contribution in [0.1, 0.15) is 57.8 Å². The van der Waals surface area contributed by atoms with Crippen molar-refractivity contribution in [2.75, 3.05) is 33.2 Å². The highest BCUT2D eigenvalue weighted by molar-refractivity contribution is 5.80. The molecule has 0 aromatic carbocycles. The van der Waals surface area contributed by atoms with Gasteiger partial charge in [0.05, 0.1) is 0 Å². The Balaban J connectivity index is 1.32. The Bertz CT molecular complexity index is 438. The molecule has 2 aliphatic carbocycles. The second-order valence-corrected chi connectivity index (χ2v) is 7.70. The molecule has 0 unspecified atom stereocenters. The van der Waals surface area contributed by atoms with Crippen LogP contribution < -0.4 is 10.6 Å². The van der Waals surface area contributed by atoms with Gasteiger partial charge >= 0.3 is 0 Å². The van der Waals surface area contributed by atoms with Gasteiger partial charge in [0.2, 0.25) is 5.91 Å². The molecule has 3 aliphatic rings. The first-order chi connectivity index (χ1) is 11.2. The van der Waals surface area contributed by atoms with Crippen LogP contribution in [0.2, 0.25) is 0 Å². The molecule has 1 spiro atoms. The maximum atomic E-state index is 11.9. The summed E-state index contributed by atoms with van der Waals surface area (Å²) < 4.78 is 0. The van der Waals surface area contributed by atoms with Crippen LogP contribution in [-0.4, -0.2) is 50.0 Å². The summed E-state index contributed by atoms with van der Waals surface area (Å²) in [5.41, 5.74) is 0.590. The number of amides is 1. The van der Waals surface area contributed by atoms with Crippen molar-refractivity contribution in [1.29, 1.82) is 0 Å². The third-order valence-electron chi connectivity index (χ3n) is 6.04. The maximum Gasteiger partial charge on any atom is 0.220 e. The number of likely N-dealkylation sites (tertiary alicyclic amines) is 1. The van der Waals surface area contributed by atoms with Crippen molar-refractivity contribution in [2.24, 2.45) is 16.3 Å². The van der Waals surface area contributed by atoms with E-state index in [1.807, 2.05) is 7.05 Å². The van der Waals surface area contributed by atoms with Crippen molar-refractivity contribution in [3.63, 3.8) is 0 Å². The topological polar surface area (TPSA) is 56.7 Å². The highest BCUT2D eigenvalue weighted by Gasteiger charge is 2.43. The molecule has 0 aromatic rings. The van der Waals surface area contributed by atoms with Gasteiger partial charge in [0.1, 0.15) is 0 Å². The van der Waals surface area contributed by atoms with Crippen molar-refractivity contribution in [2.45, 2.75) is 57.8 Å². The van der Waals surface area contributed by atoms with Gasteiger partial charge in [-0.15, -0.1) is 0 Å². The number of carbonyl (C=O) groups excluding carboxylic acids is 1. The fraction of sp³-hybridized carbons (Fsp3) is 0.889. The van der Waals surface area contributed by atoms with E-state index >= 15 is 0 Å². The van der Waals surface area contributed by atoms with E-state index in [0.29, 0.717) is 24.3 Å². The molecule has 0 atom stereocenters. The molecule has 5 heteroatoms. The molecule has 130 valence electrons. The van der Waals surface area contributed by atoms with Gasteiger partial charge in [0.25, 0.3) is 0 Å². The number of carbonyl (C=O) groups is 1. The minimum Gasteiger partial charge on any atom is -0.354 e. The zero-order valence-electron chi connectivity index (χ0n) is 14.6. The van der Waals surface area contributed by atoms with Crippen LogP contribution in [0.3, 0.4) is 0 Å². The van der Waals surface area contributed by atoms with Gasteiger partial charge in [0.15, 0.2) is 5.96 Å². The lowest BCUT2D eigenvalue weighted by molar-refractivity contribution is -0.121. The smallest absolute Gasteiger partial charge is 0.220 e. The molecule has 2 saturated carbocycles. The van der Waals surface area contributed by atoms with Crippen LogP contribution in [0.15, 0.2) is 4.99 Å². The molecule has 1 aliphatic heterocycles. The first-order valence-electron chi connectivity index (χ1n) is 9.43. The summed E-state index contributed by atoms with van der Waals surface area (Å²) in [6.07, 6.45) is 11.3. The molecule has 23 heavy (non-hydrogen) atoms. The third kappa shape index (κ3) is 4.18. The Morgan fingerprint density at radius 3 is 2.48 bits per heavy atom. The van der Waals surface area contributed by atoms with Gasteiger partial charge < -0.3 is 15.5 Å². The standard InChI is InChI=1S/C18H32N4O/c1-19-17(22-12-9-18(14-22)7-4-8-18)21-11-10-20-16(23)13-15-5-2-3-6-15/h15H,2-14H2,1H3,(H,19,21)(H,20,23). The van der Waals surface area contributed by atoms with E-state index in [4.69, 9.17) is 0 Å². The van der Waals surface area contributed by atoms with Crippen LogP contribution in [0.25, 0.3) is 0 Å². The van der Waals surface area contributed by atoms with Crippen LogP contribution >= 0.6 is 0 Å². The van der Waals surface area contributed by atoms with Gasteiger partial charge in [-0.3, -0.25) is 9.79 Å². The Hall–Kier alpha value is -1.26. The van der Waals surface area contributed by atoms with Crippen LogP contribution in [0.4, 0.5) is 0 Å². The molecule has 1 heterocycles. The molecule has 0 bridgehead atoms. The van der Waals surface area contributed by atoms with E-state index in [-0.39, 0.29) is 5.91 Å². The van der Waals surface area contributed by atoms with E-state index < -0.39 is 0 Å². The Morgan fingerprint density at radius 2 is 1.87 bits per heavy atom. The lowest BCUT2D eigenvalue weighted by atomic mass is 9.68. The second-order valence-electron chi connectivity index (χ2n) is 7.70. The molecular weight excluding hydrogens is 288 g/mol. The van der Waals surface area contributed by atoms with E-state index in [2.05, 4.69) is 20.5 Å². The SMILES string of the molecule is CN=C(NCCNC(=O)CC1CCCC1)N1CCC2(CCC2)C1. The maximum absolute atomic E-state index is 11.9. The average Bonchev–Trinajstić information content (AvgIpc) is 3.16. The Labute approximate surface area is 140 Å². The fourth-order valence-corrected chi connectivity index (χ4v) is 4.46. The first-order valence-corrected chi connectivity index (χ1v) is 9.43. The largest absolute Gasteiger partial charge is 0.354 e. The summed E-state index contributed by atoms with van der Waals surface area (Å²) in [7, 11) is 1.85. The van der Waals surface area contributed by atoms with E-state index in [1.165, 1.54) is 51.4 Å². The highest BCUT2D eigenvalue weighted by Crippen LogP contribution is 2.47. The molecule has 0 aromatic heterocycles. The van der Waals surface area contributed by atoms with Crippen LogP contribution in [0, 0.1) is 11.3 Å².